The van der Waals surface area contributed by atoms with Crippen molar-refractivity contribution in [1.29, 1.82) is 0 Å². The highest BCUT2D eigenvalue weighted by Crippen LogP contribution is 2.28. The van der Waals surface area contributed by atoms with E-state index < -0.39 is 10.0 Å². The predicted molar refractivity (Wildman–Crippen MR) is 123 cm³/mol. The number of sulfonamides is 1. The molecule has 0 heterocycles. The third-order valence-electron chi connectivity index (χ3n) is 5.18. The van der Waals surface area contributed by atoms with E-state index in [1.807, 2.05) is 0 Å². The van der Waals surface area contributed by atoms with E-state index in [0.29, 0.717) is 28.7 Å². The minimum Gasteiger partial charge on any atom is -0.354 e. The number of hydrogen-bond donors (Lipinski definition) is 1. The molecule has 0 aliphatic carbocycles. The van der Waals surface area contributed by atoms with Gasteiger partial charge in [0.05, 0.1) is 10.6 Å². The Bertz CT molecular complexity index is 933. The molecule has 1 N–H and O–H groups in total. The van der Waals surface area contributed by atoms with Crippen LogP contribution >= 0.6 is 11.6 Å². The van der Waals surface area contributed by atoms with Crippen LogP contribution in [0.1, 0.15) is 45.1 Å². The van der Waals surface area contributed by atoms with Gasteiger partial charge in [0.15, 0.2) is 0 Å². The largest absolute Gasteiger partial charge is 0.354 e. The zero-order valence-corrected chi connectivity index (χ0v) is 19.5. The Hall–Kier alpha value is -2.05. The summed E-state index contributed by atoms with van der Waals surface area (Å²) in [6.07, 6.45) is 4.26. The maximum absolute atomic E-state index is 13.4. The Kier molecular flexibility index (Phi) is 9.18. The van der Waals surface area contributed by atoms with E-state index >= 15 is 0 Å². The molecule has 5 nitrogen and oxygen atoms in total. The first-order valence-corrected chi connectivity index (χ1v) is 12.2. The summed E-state index contributed by atoms with van der Waals surface area (Å²) in [6, 6.07) is 13.1. The number of rotatable bonds is 11. The number of benzene rings is 2. The average Bonchev–Trinajstić information content (AvgIpc) is 2.73. The lowest BCUT2D eigenvalue weighted by atomic mass is 9.99. The summed E-state index contributed by atoms with van der Waals surface area (Å²) in [5.41, 5.74) is 1.13. The molecule has 2 rings (SSSR count). The molecular formula is C23H31ClN2O3S. The summed E-state index contributed by atoms with van der Waals surface area (Å²) in [4.78, 5) is 12.9. The molecule has 1 atom stereocenters. The number of carbonyl (C=O) groups is 1. The topological polar surface area (TPSA) is 66.5 Å². The van der Waals surface area contributed by atoms with Crippen molar-refractivity contribution in [3.63, 3.8) is 0 Å². The molecule has 0 unspecified atom stereocenters. The third kappa shape index (κ3) is 6.47. The fraction of sp³-hybridized carbons (Fsp3) is 0.435. The molecule has 2 aromatic rings. The van der Waals surface area contributed by atoms with Crippen LogP contribution in [0.2, 0.25) is 5.02 Å². The van der Waals surface area contributed by atoms with Crippen molar-refractivity contribution in [1.82, 2.24) is 5.32 Å². The second-order valence-electron chi connectivity index (χ2n) is 7.48. The van der Waals surface area contributed by atoms with Gasteiger partial charge in [-0.15, -0.1) is 0 Å². The number of aryl methyl sites for hydroxylation is 1. The van der Waals surface area contributed by atoms with Gasteiger partial charge in [0, 0.05) is 11.6 Å². The molecule has 0 aromatic heterocycles. The van der Waals surface area contributed by atoms with Crippen molar-refractivity contribution in [2.75, 3.05) is 17.4 Å². The Morgan fingerprint density at radius 2 is 1.83 bits per heavy atom. The van der Waals surface area contributed by atoms with Crippen LogP contribution in [-0.2, 0) is 14.8 Å². The Balaban J connectivity index is 2.27. The maximum atomic E-state index is 13.4. The summed E-state index contributed by atoms with van der Waals surface area (Å²) in [5, 5.41) is 3.44. The minimum atomic E-state index is -3.91. The smallest absolute Gasteiger partial charge is 0.264 e. The normalized spacial score (nSPS) is 12.4. The van der Waals surface area contributed by atoms with E-state index in [1.165, 1.54) is 12.1 Å². The molecule has 0 radical (unpaired) electrons. The van der Waals surface area contributed by atoms with Crippen molar-refractivity contribution < 1.29 is 13.2 Å². The molecule has 2 aromatic carbocycles. The predicted octanol–water partition coefficient (Wildman–Crippen LogP) is 5.18. The van der Waals surface area contributed by atoms with Crippen molar-refractivity contribution in [3.05, 3.63) is 59.1 Å². The first-order chi connectivity index (χ1) is 14.3. The fourth-order valence-electron chi connectivity index (χ4n) is 3.31. The van der Waals surface area contributed by atoms with Crippen LogP contribution in [-0.4, -0.2) is 27.4 Å². The summed E-state index contributed by atoms with van der Waals surface area (Å²) < 4.78 is 27.9. The van der Waals surface area contributed by atoms with Crippen LogP contribution in [0, 0.1) is 12.8 Å². The molecule has 1 amide bonds. The fourth-order valence-corrected chi connectivity index (χ4v) is 5.04. The van der Waals surface area contributed by atoms with Crippen LogP contribution in [0.4, 0.5) is 5.69 Å². The second-order valence-corrected chi connectivity index (χ2v) is 9.77. The molecule has 164 valence electrons. The number of halogens is 1. The zero-order valence-electron chi connectivity index (χ0n) is 17.9. The first-order valence-electron chi connectivity index (χ1n) is 10.4. The van der Waals surface area contributed by atoms with Gasteiger partial charge in [-0.2, -0.15) is 0 Å². The summed E-state index contributed by atoms with van der Waals surface area (Å²) in [7, 11) is -3.91. The molecule has 7 heteroatoms. The highest BCUT2D eigenvalue weighted by Gasteiger charge is 2.28. The maximum Gasteiger partial charge on any atom is 0.264 e. The number of anilines is 1. The highest BCUT2D eigenvalue weighted by molar-refractivity contribution is 7.92. The average molecular weight is 451 g/mol. The lowest BCUT2D eigenvalue weighted by molar-refractivity contribution is -0.119. The molecule has 0 aliphatic heterocycles. The van der Waals surface area contributed by atoms with Crippen molar-refractivity contribution in [3.8, 4) is 0 Å². The molecule has 0 saturated carbocycles. The number of nitrogens with zero attached hydrogens (tertiary/aromatic N) is 1. The molecule has 0 fully saturated rings. The lowest BCUT2D eigenvalue weighted by Gasteiger charge is -2.26. The van der Waals surface area contributed by atoms with E-state index in [1.54, 1.807) is 43.3 Å². The van der Waals surface area contributed by atoms with Gasteiger partial charge < -0.3 is 5.32 Å². The van der Waals surface area contributed by atoms with Crippen LogP contribution in [0.15, 0.2) is 53.4 Å². The van der Waals surface area contributed by atoms with E-state index in [-0.39, 0.29) is 17.3 Å². The van der Waals surface area contributed by atoms with E-state index in [4.69, 9.17) is 11.6 Å². The summed E-state index contributed by atoms with van der Waals surface area (Å²) in [5.74, 6) is 0.0733. The zero-order chi connectivity index (χ0) is 22.1. The van der Waals surface area contributed by atoms with Crippen LogP contribution in [0.5, 0.6) is 0 Å². The third-order valence-corrected chi connectivity index (χ3v) is 7.19. The SMILES string of the molecule is CCCC[C@@H](CC)CNC(=O)CN(c1ccc(Cl)cc1C)S(=O)(=O)c1ccccc1. The number of unbranched alkanes of at least 4 members (excludes halogenated alkanes) is 1. The monoisotopic (exact) mass is 450 g/mol. The lowest BCUT2D eigenvalue weighted by Crippen LogP contribution is -2.42. The molecule has 0 saturated heterocycles. The van der Waals surface area contributed by atoms with E-state index in [9.17, 15) is 13.2 Å². The Labute approximate surface area is 185 Å². The molecular weight excluding hydrogens is 420 g/mol. The number of amides is 1. The highest BCUT2D eigenvalue weighted by atomic mass is 35.5. The first kappa shape index (κ1) is 24.2. The molecule has 30 heavy (non-hydrogen) atoms. The van der Waals surface area contributed by atoms with E-state index in [2.05, 4.69) is 19.2 Å². The van der Waals surface area contributed by atoms with Crippen LogP contribution in [0.3, 0.4) is 0 Å². The van der Waals surface area contributed by atoms with Gasteiger partial charge in [-0.05, 0) is 55.2 Å². The van der Waals surface area contributed by atoms with Gasteiger partial charge in [0.1, 0.15) is 6.54 Å². The summed E-state index contributed by atoms with van der Waals surface area (Å²) >= 11 is 6.05. The van der Waals surface area contributed by atoms with Gasteiger partial charge in [0.25, 0.3) is 10.0 Å². The molecule has 0 spiro atoms. The quantitative estimate of drug-likeness (QED) is 0.513. The van der Waals surface area contributed by atoms with Crippen molar-refractivity contribution >= 4 is 33.2 Å². The molecule has 0 aliphatic rings. The van der Waals surface area contributed by atoms with Gasteiger partial charge in [-0.25, -0.2) is 8.42 Å². The van der Waals surface area contributed by atoms with Crippen LogP contribution in [0.25, 0.3) is 0 Å². The Morgan fingerprint density at radius 3 is 2.43 bits per heavy atom. The Morgan fingerprint density at radius 1 is 1.13 bits per heavy atom. The van der Waals surface area contributed by atoms with Gasteiger partial charge in [-0.1, -0.05) is 62.9 Å². The van der Waals surface area contributed by atoms with Crippen molar-refractivity contribution in [2.45, 2.75) is 51.3 Å². The molecule has 0 bridgehead atoms. The van der Waals surface area contributed by atoms with Crippen molar-refractivity contribution in [2.24, 2.45) is 5.92 Å². The second kappa shape index (κ2) is 11.4. The summed E-state index contributed by atoms with van der Waals surface area (Å²) in [6.45, 7) is 6.30. The minimum absolute atomic E-state index is 0.140. The van der Waals surface area contributed by atoms with Gasteiger partial charge >= 0.3 is 0 Å². The van der Waals surface area contributed by atoms with Gasteiger partial charge in [0.2, 0.25) is 5.91 Å². The standard InChI is InChI=1S/C23H31ClN2O3S/c1-4-6-10-19(5-2)16-25-23(27)17-26(22-14-13-20(24)15-18(22)3)30(28,29)21-11-8-7-9-12-21/h7-9,11-15,19H,4-6,10,16-17H2,1-3H3,(H,25,27)/t19-/m1/s1. The van der Waals surface area contributed by atoms with Gasteiger partial charge in [-0.3, -0.25) is 9.10 Å². The number of carbonyl (C=O) groups excluding carboxylic acids is 1. The number of nitrogens with one attached hydrogen (secondary N) is 1. The van der Waals surface area contributed by atoms with Crippen LogP contribution < -0.4 is 9.62 Å². The van der Waals surface area contributed by atoms with E-state index in [0.717, 1.165) is 30.0 Å². The number of hydrogen-bond acceptors (Lipinski definition) is 3.